The quantitative estimate of drug-likeness (QED) is 0.495. The summed E-state index contributed by atoms with van der Waals surface area (Å²) in [6, 6.07) is 0. The zero-order valence-corrected chi connectivity index (χ0v) is 13.9. The molecule has 0 fully saturated rings. The molecule has 1 aliphatic carbocycles. The zero-order valence-electron chi connectivity index (χ0n) is 13.9. The highest BCUT2D eigenvalue weighted by molar-refractivity contribution is 5.87. The van der Waals surface area contributed by atoms with E-state index in [-0.39, 0.29) is 16.6 Å². The lowest BCUT2D eigenvalue weighted by Gasteiger charge is -2.47. The van der Waals surface area contributed by atoms with Crippen LogP contribution in [0, 0.1) is 22.7 Å². The SMILES string of the molecule is CC(=O)/C=C/C1C(C)=C(C(C)(C)C)CC(C)C1(C)C. The summed E-state index contributed by atoms with van der Waals surface area (Å²) in [5.41, 5.74) is 3.47. The van der Waals surface area contributed by atoms with E-state index in [4.69, 9.17) is 0 Å². The van der Waals surface area contributed by atoms with Gasteiger partial charge in [0.2, 0.25) is 0 Å². The Hall–Kier alpha value is -0.850. The van der Waals surface area contributed by atoms with Gasteiger partial charge in [0, 0.05) is 5.92 Å². The Morgan fingerprint density at radius 2 is 1.84 bits per heavy atom. The molecule has 1 heteroatoms. The molecule has 0 bridgehead atoms. The Morgan fingerprint density at radius 1 is 1.32 bits per heavy atom. The smallest absolute Gasteiger partial charge is 0.152 e. The molecule has 2 atom stereocenters. The molecule has 0 radical (unpaired) electrons. The first kappa shape index (κ1) is 16.2. The highest BCUT2D eigenvalue weighted by atomic mass is 16.1. The minimum atomic E-state index is 0.138. The molecule has 0 aromatic rings. The van der Waals surface area contributed by atoms with E-state index >= 15 is 0 Å². The monoisotopic (exact) mass is 262 g/mol. The lowest BCUT2D eigenvalue weighted by molar-refractivity contribution is -0.112. The molecular weight excluding hydrogens is 232 g/mol. The standard InChI is InChI=1S/C18H30O/c1-12-11-16(17(4,5)6)14(3)15(18(12,7)8)10-9-13(2)19/h9-10,12,15H,11H2,1-8H3/b10-9+. The molecule has 0 spiro atoms. The van der Waals surface area contributed by atoms with Crippen LogP contribution in [0.4, 0.5) is 0 Å². The van der Waals surface area contributed by atoms with Crippen LogP contribution < -0.4 is 0 Å². The molecule has 1 aliphatic rings. The molecule has 19 heavy (non-hydrogen) atoms. The predicted molar refractivity (Wildman–Crippen MR) is 83.0 cm³/mol. The molecule has 0 amide bonds. The van der Waals surface area contributed by atoms with Gasteiger partial charge < -0.3 is 0 Å². The molecule has 1 rings (SSSR count). The van der Waals surface area contributed by atoms with E-state index in [1.54, 1.807) is 18.6 Å². The highest BCUT2D eigenvalue weighted by Gasteiger charge is 2.41. The predicted octanol–water partition coefficient (Wildman–Crippen LogP) is 5.18. The molecule has 0 aromatic carbocycles. The van der Waals surface area contributed by atoms with Crippen molar-refractivity contribution < 1.29 is 4.79 Å². The first-order chi connectivity index (χ1) is 8.48. The molecule has 0 N–H and O–H groups in total. The van der Waals surface area contributed by atoms with Gasteiger partial charge >= 0.3 is 0 Å². The van der Waals surface area contributed by atoms with Gasteiger partial charge in [-0.3, -0.25) is 4.79 Å². The number of allylic oxidation sites excluding steroid dienone is 4. The van der Waals surface area contributed by atoms with E-state index in [1.165, 1.54) is 12.0 Å². The van der Waals surface area contributed by atoms with E-state index < -0.39 is 0 Å². The number of hydrogen-bond acceptors (Lipinski definition) is 1. The van der Waals surface area contributed by atoms with Crippen LogP contribution in [0.15, 0.2) is 23.3 Å². The molecule has 2 unspecified atom stereocenters. The van der Waals surface area contributed by atoms with Crippen molar-refractivity contribution in [2.45, 2.75) is 61.8 Å². The van der Waals surface area contributed by atoms with Crippen LogP contribution in [0.2, 0.25) is 0 Å². The zero-order chi connectivity index (χ0) is 15.0. The van der Waals surface area contributed by atoms with Gasteiger partial charge in [-0.25, -0.2) is 0 Å². The third-order valence-electron chi connectivity index (χ3n) is 4.95. The number of rotatable bonds is 2. The first-order valence-corrected chi connectivity index (χ1v) is 7.36. The fourth-order valence-electron chi connectivity index (χ4n) is 3.30. The van der Waals surface area contributed by atoms with Gasteiger partial charge in [-0.05, 0) is 43.1 Å². The molecule has 0 aromatic heterocycles. The fraction of sp³-hybridized carbons (Fsp3) is 0.722. The average molecular weight is 262 g/mol. The van der Waals surface area contributed by atoms with Gasteiger partial charge in [-0.15, -0.1) is 0 Å². The summed E-state index contributed by atoms with van der Waals surface area (Å²) >= 11 is 0. The summed E-state index contributed by atoms with van der Waals surface area (Å²) in [5.74, 6) is 1.14. The minimum absolute atomic E-state index is 0.138. The Bertz CT molecular complexity index is 415. The third kappa shape index (κ3) is 3.38. The van der Waals surface area contributed by atoms with Gasteiger partial charge in [0.1, 0.15) is 0 Å². The van der Waals surface area contributed by atoms with Crippen LogP contribution in [0.5, 0.6) is 0 Å². The Labute approximate surface area is 119 Å². The second-order valence-corrected chi connectivity index (χ2v) is 7.79. The van der Waals surface area contributed by atoms with Crippen molar-refractivity contribution in [3.63, 3.8) is 0 Å². The number of carbonyl (C=O) groups is 1. The average Bonchev–Trinajstić information content (AvgIpc) is 2.21. The van der Waals surface area contributed by atoms with Crippen LogP contribution >= 0.6 is 0 Å². The van der Waals surface area contributed by atoms with Crippen molar-refractivity contribution in [1.29, 1.82) is 0 Å². The molecule has 0 heterocycles. The maximum Gasteiger partial charge on any atom is 0.152 e. The van der Waals surface area contributed by atoms with Gasteiger partial charge in [0.25, 0.3) is 0 Å². The minimum Gasteiger partial charge on any atom is -0.295 e. The van der Waals surface area contributed by atoms with Crippen LogP contribution in [-0.2, 0) is 4.79 Å². The summed E-state index contributed by atoms with van der Waals surface area (Å²) < 4.78 is 0. The van der Waals surface area contributed by atoms with Crippen LogP contribution in [0.3, 0.4) is 0 Å². The van der Waals surface area contributed by atoms with Crippen LogP contribution in [-0.4, -0.2) is 5.78 Å². The van der Waals surface area contributed by atoms with Crippen molar-refractivity contribution in [3.05, 3.63) is 23.3 Å². The van der Waals surface area contributed by atoms with Crippen LogP contribution in [0.1, 0.15) is 61.8 Å². The molecule has 0 saturated carbocycles. The summed E-state index contributed by atoms with van der Waals surface area (Å²) in [4.78, 5) is 11.3. The Kier molecular flexibility index (Phi) is 4.49. The Morgan fingerprint density at radius 3 is 2.26 bits per heavy atom. The van der Waals surface area contributed by atoms with Crippen molar-refractivity contribution >= 4 is 5.78 Å². The second kappa shape index (κ2) is 5.26. The topological polar surface area (TPSA) is 17.1 Å². The van der Waals surface area contributed by atoms with Gasteiger partial charge in [0.05, 0.1) is 0 Å². The lowest BCUT2D eigenvalue weighted by Crippen LogP contribution is -2.37. The molecule has 1 nitrogen and oxygen atoms in total. The maximum atomic E-state index is 11.3. The molecule has 0 aliphatic heterocycles. The lowest BCUT2D eigenvalue weighted by atomic mass is 9.58. The summed E-state index contributed by atoms with van der Waals surface area (Å²) in [7, 11) is 0. The maximum absolute atomic E-state index is 11.3. The van der Waals surface area contributed by atoms with E-state index in [0.717, 1.165) is 0 Å². The van der Waals surface area contributed by atoms with Crippen LogP contribution in [0.25, 0.3) is 0 Å². The fourth-order valence-corrected chi connectivity index (χ4v) is 3.30. The Balaban J connectivity index is 3.31. The molecular formula is C18H30O. The number of carbonyl (C=O) groups excluding carboxylic acids is 1. The largest absolute Gasteiger partial charge is 0.295 e. The molecule has 108 valence electrons. The van der Waals surface area contributed by atoms with E-state index in [9.17, 15) is 4.79 Å². The van der Waals surface area contributed by atoms with Gasteiger partial charge in [-0.1, -0.05) is 58.8 Å². The second-order valence-electron chi connectivity index (χ2n) is 7.79. The highest BCUT2D eigenvalue weighted by Crippen LogP contribution is 2.51. The van der Waals surface area contributed by atoms with Gasteiger partial charge in [-0.2, -0.15) is 0 Å². The van der Waals surface area contributed by atoms with Crippen molar-refractivity contribution in [2.75, 3.05) is 0 Å². The normalized spacial score (nSPS) is 28.0. The van der Waals surface area contributed by atoms with Gasteiger partial charge in [0.15, 0.2) is 5.78 Å². The summed E-state index contributed by atoms with van der Waals surface area (Å²) in [5, 5.41) is 0. The summed E-state index contributed by atoms with van der Waals surface area (Å²) in [6.07, 6.45) is 5.04. The molecule has 0 saturated heterocycles. The van der Waals surface area contributed by atoms with E-state index in [1.807, 2.05) is 0 Å². The summed E-state index contributed by atoms with van der Waals surface area (Å²) in [6.45, 7) is 17.8. The van der Waals surface area contributed by atoms with E-state index in [2.05, 4.69) is 54.5 Å². The number of ketones is 1. The number of hydrogen-bond donors (Lipinski definition) is 0. The first-order valence-electron chi connectivity index (χ1n) is 7.36. The van der Waals surface area contributed by atoms with Crippen molar-refractivity contribution in [1.82, 2.24) is 0 Å². The third-order valence-corrected chi connectivity index (χ3v) is 4.95. The van der Waals surface area contributed by atoms with Crippen molar-refractivity contribution in [2.24, 2.45) is 22.7 Å². The van der Waals surface area contributed by atoms with E-state index in [0.29, 0.717) is 11.8 Å². The van der Waals surface area contributed by atoms with Crippen molar-refractivity contribution in [3.8, 4) is 0 Å².